The van der Waals surface area contributed by atoms with Crippen LogP contribution < -0.4 is 14.8 Å². The van der Waals surface area contributed by atoms with Crippen LogP contribution in [-0.4, -0.2) is 107 Å². The minimum Gasteiger partial charge on any atom is -0.507 e. The molecule has 518 valence electrons. The SMILES string of the molecule is CC(=O)CCCCc1cc(C2C=CCCC2)cc(C(=O)O)c1O.CCCCCCc1cc(O)c(C(=O)O)c2c1OCC(C(=O)O)O2.CCCCCCc1cc(O)c2c(c1)C(c1ccccc1)CC(NC=O)C2=O.CCCCc1cc(C(=O)O)c(O)cc1CC1CC(=O)CCC1C. The van der Waals surface area contributed by atoms with Crippen molar-refractivity contribution in [3.63, 3.8) is 0 Å². The third-order valence-electron chi connectivity index (χ3n) is 18.5. The summed E-state index contributed by atoms with van der Waals surface area (Å²) < 4.78 is 10.7. The first-order chi connectivity index (χ1) is 46.0. The molecule has 1 saturated carbocycles. The highest BCUT2D eigenvalue weighted by atomic mass is 16.6. The second-order valence-electron chi connectivity index (χ2n) is 25.8. The van der Waals surface area contributed by atoms with E-state index in [2.05, 4.69) is 51.2 Å². The summed E-state index contributed by atoms with van der Waals surface area (Å²) in [5.41, 5.74) is 7.10. The van der Waals surface area contributed by atoms with Gasteiger partial charge in [0.25, 0.3) is 0 Å². The van der Waals surface area contributed by atoms with E-state index in [0.717, 1.165) is 136 Å². The molecule has 9 N–H and O–H groups in total. The van der Waals surface area contributed by atoms with E-state index in [1.54, 1.807) is 31.2 Å². The maximum Gasteiger partial charge on any atom is 0.348 e. The molecule has 9 rings (SSSR count). The molecular formula is C77H97NO18. The van der Waals surface area contributed by atoms with Crippen LogP contribution in [-0.2, 0) is 51.3 Å². The highest BCUT2D eigenvalue weighted by Gasteiger charge is 2.38. The van der Waals surface area contributed by atoms with Gasteiger partial charge < -0.3 is 60.4 Å². The summed E-state index contributed by atoms with van der Waals surface area (Å²) in [7, 11) is 0. The van der Waals surface area contributed by atoms with Crippen LogP contribution in [0.25, 0.3) is 0 Å². The number of carbonyl (C=O) groups excluding carboxylic acids is 4. The van der Waals surface area contributed by atoms with Gasteiger partial charge >= 0.3 is 23.9 Å². The summed E-state index contributed by atoms with van der Waals surface area (Å²) in [4.78, 5) is 91.6. The van der Waals surface area contributed by atoms with Crippen molar-refractivity contribution in [2.45, 2.75) is 219 Å². The number of benzene rings is 5. The van der Waals surface area contributed by atoms with E-state index in [4.69, 9.17) is 14.6 Å². The molecule has 19 heteroatoms. The first kappa shape index (κ1) is 76.0. The number of carboxylic acids is 4. The Morgan fingerprint density at radius 2 is 1.30 bits per heavy atom. The summed E-state index contributed by atoms with van der Waals surface area (Å²) in [5, 5.41) is 80.3. The normalized spacial score (nSPS) is 18.4. The van der Waals surface area contributed by atoms with E-state index < -0.39 is 47.3 Å². The molecule has 6 unspecified atom stereocenters. The highest BCUT2D eigenvalue weighted by molar-refractivity contribution is 6.06. The summed E-state index contributed by atoms with van der Waals surface area (Å²) in [5.74, 6) is -4.36. The molecule has 1 amide bonds. The van der Waals surface area contributed by atoms with Crippen molar-refractivity contribution in [1.29, 1.82) is 0 Å². The standard InChI is InChI=1S/C23H27NO3.C19H24O4.C19H26O4.C16H20O7/c1-2-3-4-6-9-16-12-19-18(17-10-7-5-8-11-17)14-20(24-15-25)23(27)22(19)21(26)13-16;1-13(20)7-5-6-10-15-11-16(14-8-3-2-4-9-14)12-17(18(15)21)19(22)23;1-3-4-5-13-10-17(19(22)23)18(21)11-15(13)8-14-9-16(20)7-6-12(14)2;1-2-3-4-5-6-9-7-10(17)12(16(20)21)14-13(9)22-8-11(23-14)15(18)19/h5,7-8,10-13,15,18,20,26H,2-4,6,9,14H2,1H3,(H,24,25);3,8,11-12,14,21H,2,4-7,9-10H2,1H3,(H,22,23);10-12,14,21H,3-9H2,1-2H3,(H,22,23);7,11,17H,2-6,8H2,1H3,(H,18,19)(H,20,21). The second-order valence-corrected chi connectivity index (χ2v) is 25.8. The number of rotatable bonds is 28. The number of aromatic hydroxyl groups is 4. The molecule has 0 aromatic heterocycles. The fourth-order valence-electron chi connectivity index (χ4n) is 13.0. The topological polar surface area (TPSA) is 329 Å². The smallest absolute Gasteiger partial charge is 0.348 e. The number of phenols is 4. The number of unbranched alkanes of at least 4 members (excludes halogenated alkanes) is 8. The zero-order chi connectivity index (χ0) is 70.0. The average molecular weight is 1320 g/mol. The van der Waals surface area contributed by atoms with Gasteiger partial charge in [-0.2, -0.15) is 0 Å². The van der Waals surface area contributed by atoms with Gasteiger partial charge in [0.05, 0.1) is 11.6 Å². The van der Waals surface area contributed by atoms with E-state index in [1.165, 1.54) is 25.3 Å². The van der Waals surface area contributed by atoms with Crippen molar-refractivity contribution in [2.75, 3.05) is 6.61 Å². The maximum atomic E-state index is 12.8. The number of nitrogens with one attached hydrogen (secondary N) is 1. The number of fused-ring (bicyclic) bond motifs is 2. The fourth-order valence-corrected chi connectivity index (χ4v) is 13.0. The molecule has 19 nitrogen and oxygen atoms in total. The lowest BCUT2D eigenvalue weighted by Gasteiger charge is -2.31. The predicted octanol–water partition coefficient (Wildman–Crippen LogP) is 15.0. The number of carboxylic acid groups (broad SMARTS) is 4. The molecule has 1 heterocycles. The average Bonchev–Trinajstić information content (AvgIpc) is 0.766. The minimum atomic E-state index is -1.40. The van der Waals surface area contributed by atoms with Gasteiger partial charge in [-0.1, -0.05) is 127 Å². The molecular weight excluding hydrogens is 1230 g/mol. The number of ketones is 3. The zero-order valence-corrected chi connectivity index (χ0v) is 56.2. The first-order valence-electron chi connectivity index (χ1n) is 34.2. The summed E-state index contributed by atoms with van der Waals surface area (Å²) >= 11 is 0. The summed E-state index contributed by atoms with van der Waals surface area (Å²) in [6.07, 6.45) is 25.7. The molecule has 0 bridgehead atoms. The van der Waals surface area contributed by atoms with Gasteiger partial charge in [0.15, 0.2) is 17.3 Å². The van der Waals surface area contributed by atoms with Crippen molar-refractivity contribution < 1.29 is 88.7 Å². The van der Waals surface area contributed by atoms with Crippen molar-refractivity contribution in [3.05, 3.63) is 152 Å². The van der Waals surface area contributed by atoms with Crippen LogP contribution in [0.1, 0.15) is 261 Å². The van der Waals surface area contributed by atoms with Crippen LogP contribution in [0.4, 0.5) is 0 Å². The van der Waals surface area contributed by atoms with Crippen molar-refractivity contribution in [2.24, 2.45) is 11.8 Å². The van der Waals surface area contributed by atoms with E-state index in [1.807, 2.05) is 36.4 Å². The Bertz CT molecular complexity index is 3540. The van der Waals surface area contributed by atoms with Gasteiger partial charge in [0.2, 0.25) is 12.5 Å². The Morgan fingerprint density at radius 3 is 1.93 bits per heavy atom. The van der Waals surface area contributed by atoms with E-state index >= 15 is 0 Å². The van der Waals surface area contributed by atoms with E-state index in [-0.39, 0.29) is 75.8 Å². The monoisotopic (exact) mass is 1320 g/mol. The number of hydrogen-bond donors (Lipinski definition) is 9. The van der Waals surface area contributed by atoms with E-state index in [9.17, 15) is 74.1 Å². The molecule has 1 fully saturated rings. The quantitative estimate of drug-likeness (QED) is 0.0128. The highest BCUT2D eigenvalue weighted by Crippen LogP contribution is 2.45. The van der Waals surface area contributed by atoms with Crippen LogP contribution in [0, 0.1) is 11.8 Å². The lowest BCUT2D eigenvalue weighted by atomic mass is 9.75. The number of carbonyl (C=O) groups is 8. The number of aliphatic carboxylic acids is 1. The maximum absolute atomic E-state index is 12.8. The van der Waals surface area contributed by atoms with Crippen LogP contribution in [0.2, 0.25) is 0 Å². The lowest BCUT2D eigenvalue weighted by molar-refractivity contribution is -0.147. The van der Waals surface area contributed by atoms with Gasteiger partial charge in [-0.05, 0) is 184 Å². The fraction of sp³-hybridized carbons (Fsp3) is 0.481. The number of ether oxygens (including phenoxy) is 2. The van der Waals surface area contributed by atoms with Gasteiger partial charge in [0, 0.05) is 36.7 Å². The molecule has 1 aliphatic heterocycles. The van der Waals surface area contributed by atoms with E-state index in [0.29, 0.717) is 73.3 Å². The van der Waals surface area contributed by atoms with Gasteiger partial charge in [0.1, 0.15) is 57.9 Å². The van der Waals surface area contributed by atoms with Gasteiger partial charge in [-0.15, -0.1) is 0 Å². The molecule has 3 aliphatic carbocycles. The summed E-state index contributed by atoms with van der Waals surface area (Å²) in [6, 6.07) is 21.2. The zero-order valence-electron chi connectivity index (χ0n) is 56.2. The Morgan fingerprint density at radius 1 is 0.646 bits per heavy atom. The third kappa shape index (κ3) is 21.5. The Balaban J connectivity index is 0.000000203. The molecule has 5 aromatic carbocycles. The van der Waals surface area contributed by atoms with Gasteiger partial charge in [-0.3, -0.25) is 14.4 Å². The van der Waals surface area contributed by atoms with Crippen molar-refractivity contribution in [1.82, 2.24) is 5.32 Å². The number of aromatic carboxylic acids is 3. The Hall–Kier alpha value is -9.00. The molecule has 6 atom stereocenters. The van der Waals surface area contributed by atoms with Crippen LogP contribution in [0.15, 0.2) is 84.9 Å². The number of allylic oxidation sites excluding steroid dienone is 2. The molecule has 0 radical (unpaired) electrons. The van der Waals surface area contributed by atoms with Crippen LogP contribution >= 0.6 is 0 Å². The third-order valence-corrected chi connectivity index (χ3v) is 18.5. The number of hydrogen-bond acceptors (Lipinski definition) is 14. The Kier molecular flexibility index (Phi) is 30.0. The Labute approximate surface area is 563 Å². The molecule has 4 aliphatic rings. The lowest BCUT2D eigenvalue weighted by Crippen LogP contribution is -2.41. The molecule has 0 spiro atoms. The predicted molar refractivity (Wildman–Crippen MR) is 365 cm³/mol. The molecule has 5 aromatic rings. The van der Waals surface area contributed by atoms with Gasteiger partial charge in [-0.25, -0.2) is 19.2 Å². The number of Topliss-reactive ketones (excluding diaryl/α,β-unsaturated/α-hetero) is 3. The minimum absolute atomic E-state index is 0.0250. The van der Waals surface area contributed by atoms with Crippen molar-refractivity contribution in [3.8, 4) is 34.5 Å². The summed E-state index contributed by atoms with van der Waals surface area (Å²) in [6.45, 7) is 9.92. The first-order valence-corrected chi connectivity index (χ1v) is 34.2. The largest absolute Gasteiger partial charge is 0.507 e. The number of aryl methyl sites for hydroxylation is 4. The molecule has 0 saturated heterocycles. The second kappa shape index (κ2) is 37.9. The van der Waals surface area contributed by atoms with Crippen LogP contribution in [0.5, 0.6) is 34.5 Å². The number of amides is 1. The molecule has 96 heavy (non-hydrogen) atoms. The van der Waals surface area contributed by atoms with Crippen LogP contribution in [0.3, 0.4) is 0 Å². The van der Waals surface area contributed by atoms with Crippen molar-refractivity contribution >= 4 is 47.6 Å². The number of phenolic OH excluding ortho intramolecular Hbond substituents is 1.